The SMILES string of the molecule is [C-]#[N+]c1ccc2c(c1)N(C(=O)c1cccc(N3C[C@H](O)C[C@@H]3C)n1)CCc1cc(C(=O)Nc3c(C)cccc3F)sc1-2. The number of para-hydroxylation sites is 1. The molecule has 2 aromatic heterocycles. The number of aromatic nitrogens is 1. The average Bonchev–Trinajstić information content (AvgIpc) is 3.53. The van der Waals surface area contributed by atoms with E-state index < -0.39 is 17.8 Å². The Bertz CT molecular complexity index is 1740. The second-order valence-corrected chi connectivity index (χ2v) is 11.7. The van der Waals surface area contributed by atoms with E-state index in [1.54, 1.807) is 54.3 Å². The number of β-amino-alcohol motifs (C(OH)–C–C–N with tert-alkyl or cyclic N) is 1. The van der Waals surface area contributed by atoms with Gasteiger partial charge in [-0.1, -0.05) is 30.3 Å². The molecule has 0 bridgehead atoms. The maximum Gasteiger partial charge on any atom is 0.276 e. The summed E-state index contributed by atoms with van der Waals surface area (Å²) >= 11 is 1.28. The van der Waals surface area contributed by atoms with Gasteiger partial charge in [-0.05, 0) is 68.1 Å². The van der Waals surface area contributed by atoms with E-state index in [2.05, 4.69) is 15.1 Å². The van der Waals surface area contributed by atoms with Crippen LogP contribution in [-0.2, 0) is 6.42 Å². The Morgan fingerprint density at radius 2 is 1.98 bits per heavy atom. The van der Waals surface area contributed by atoms with E-state index in [4.69, 9.17) is 6.57 Å². The maximum atomic E-state index is 14.4. The fourth-order valence-corrected chi connectivity index (χ4v) is 6.79. The summed E-state index contributed by atoms with van der Waals surface area (Å²) < 4.78 is 14.4. The van der Waals surface area contributed by atoms with E-state index in [-0.39, 0.29) is 23.3 Å². The third-order valence-electron chi connectivity index (χ3n) is 7.79. The number of anilines is 3. The van der Waals surface area contributed by atoms with Crippen LogP contribution < -0.4 is 15.1 Å². The van der Waals surface area contributed by atoms with Crippen molar-refractivity contribution in [2.24, 2.45) is 0 Å². The molecule has 4 heterocycles. The van der Waals surface area contributed by atoms with Crippen LogP contribution in [0.4, 0.5) is 27.3 Å². The summed E-state index contributed by atoms with van der Waals surface area (Å²) in [5.41, 5.74) is 3.64. The molecule has 0 radical (unpaired) electrons. The molecular weight excluding hydrogens is 553 g/mol. The van der Waals surface area contributed by atoms with Crippen LogP contribution in [0.15, 0.2) is 60.7 Å². The molecule has 2 aromatic carbocycles. The van der Waals surface area contributed by atoms with Gasteiger partial charge in [0.05, 0.1) is 23.2 Å². The van der Waals surface area contributed by atoms with Crippen molar-refractivity contribution in [3.8, 4) is 10.4 Å². The van der Waals surface area contributed by atoms with Gasteiger partial charge in [-0.25, -0.2) is 14.2 Å². The topological polar surface area (TPSA) is 90.1 Å². The largest absolute Gasteiger partial charge is 0.391 e. The lowest BCUT2D eigenvalue weighted by molar-refractivity contribution is 0.0981. The Morgan fingerprint density at radius 3 is 2.71 bits per heavy atom. The first-order valence-electron chi connectivity index (χ1n) is 13.7. The van der Waals surface area contributed by atoms with Crippen molar-refractivity contribution in [2.45, 2.75) is 38.8 Å². The summed E-state index contributed by atoms with van der Waals surface area (Å²) in [6.45, 7) is 12.1. The number of nitrogens with one attached hydrogen (secondary N) is 1. The number of rotatable bonds is 4. The zero-order valence-electron chi connectivity index (χ0n) is 23.1. The lowest BCUT2D eigenvalue weighted by atomic mass is 10.1. The van der Waals surface area contributed by atoms with Gasteiger partial charge in [-0.2, -0.15) is 0 Å². The molecule has 0 saturated carbocycles. The van der Waals surface area contributed by atoms with Crippen LogP contribution in [0, 0.1) is 19.3 Å². The zero-order valence-corrected chi connectivity index (χ0v) is 23.9. The van der Waals surface area contributed by atoms with Crippen LogP contribution in [-0.4, -0.2) is 47.1 Å². The molecule has 2 aliphatic rings. The van der Waals surface area contributed by atoms with E-state index in [1.165, 1.54) is 17.4 Å². The third kappa shape index (κ3) is 5.02. The molecule has 8 nitrogen and oxygen atoms in total. The molecule has 42 heavy (non-hydrogen) atoms. The van der Waals surface area contributed by atoms with Gasteiger partial charge in [-0.3, -0.25) is 9.59 Å². The van der Waals surface area contributed by atoms with Crippen molar-refractivity contribution in [2.75, 3.05) is 28.2 Å². The highest BCUT2D eigenvalue weighted by Crippen LogP contribution is 2.43. The summed E-state index contributed by atoms with van der Waals surface area (Å²) in [5, 5.41) is 12.8. The van der Waals surface area contributed by atoms with Crippen molar-refractivity contribution < 1.29 is 19.1 Å². The predicted octanol–water partition coefficient (Wildman–Crippen LogP) is 6.22. The van der Waals surface area contributed by atoms with Crippen molar-refractivity contribution in [1.29, 1.82) is 0 Å². The van der Waals surface area contributed by atoms with Gasteiger partial charge >= 0.3 is 0 Å². The molecule has 1 fully saturated rings. The first kappa shape index (κ1) is 27.6. The number of carbonyl (C=O) groups excluding carboxylic acids is 2. The van der Waals surface area contributed by atoms with Crippen molar-refractivity contribution >= 4 is 46.0 Å². The van der Waals surface area contributed by atoms with Gasteiger partial charge in [0.25, 0.3) is 11.8 Å². The van der Waals surface area contributed by atoms with Gasteiger partial charge in [0.15, 0.2) is 5.69 Å². The lowest BCUT2D eigenvalue weighted by Crippen LogP contribution is -2.34. The third-order valence-corrected chi connectivity index (χ3v) is 9.00. The number of fused-ring (bicyclic) bond motifs is 3. The molecular formula is C32H28FN5O3S. The lowest BCUT2D eigenvalue weighted by Gasteiger charge is -2.25. The molecule has 6 rings (SSSR count). The normalized spacial score (nSPS) is 17.7. The van der Waals surface area contributed by atoms with Crippen LogP contribution >= 0.6 is 11.3 Å². The number of aliphatic hydroxyl groups is 1. The van der Waals surface area contributed by atoms with Gasteiger partial charge in [0.2, 0.25) is 0 Å². The number of halogens is 1. The smallest absolute Gasteiger partial charge is 0.276 e. The van der Waals surface area contributed by atoms with E-state index in [1.807, 2.05) is 24.0 Å². The quantitative estimate of drug-likeness (QED) is 0.279. The number of hydrogen-bond donors (Lipinski definition) is 2. The van der Waals surface area contributed by atoms with Crippen molar-refractivity contribution in [3.05, 3.63) is 99.6 Å². The molecule has 2 amide bonds. The minimum atomic E-state index is -0.499. The summed E-state index contributed by atoms with van der Waals surface area (Å²) in [6.07, 6.45) is 0.675. The second kappa shape index (κ2) is 11.0. The van der Waals surface area contributed by atoms with Gasteiger partial charge in [0.1, 0.15) is 17.3 Å². The number of carbonyl (C=O) groups is 2. The summed E-state index contributed by atoms with van der Waals surface area (Å²) in [5.74, 6) is -0.568. The number of aryl methyl sites for hydroxylation is 1. The van der Waals surface area contributed by atoms with E-state index in [0.29, 0.717) is 53.6 Å². The number of aliphatic hydroxyl groups excluding tert-OH is 1. The molecule has 0 spiro atoms. The Balaban J connectivity index is 1.34. The molecule has 212 valence electrons. The highest BCUT2D eigenvalue weighted by atomic mass is 32.1. The number of benzene rings is 2. The summed E-state index contributed by atoms with van der Waals surface area (Å²) in [6, 6.07) is 17.0. The van der Waals surface area contributed by atoms with Crippen molar-refractivity contribution in [3.63, 3.8) is 0 Å². The number of thiophene rings is 1. The Hall–Kier alpha value is -4.59. The van der Waals surface area contributed by atoms with Gasteiger partial charge in [-0.15, -0.1) is 11.3 Å². The number of amides is 2. The zero-order chi connectivity index (χ0) is 29.5. The van der Waals surface area contributed by atoms with Crippen LogP contribution in [0.5, 0.6) is 0 Å². The molecule has 4 aromatic rings. The molecule has 0 aliphatic carbocycles. The van der Waals surface area contributed by atoms with Gasteiger partial charge in [0, 0.05) is 35.3 Å². The first-order valence-corrected chi connectivity index (χ1v) is 14.5. The van der Waals surface area contributed by atoms with Crippen LogP contribution in [0.2, 0.25) is 0 Å². The highest BCUT2D eigenvalue weighted by Gasteiger charge is 2.31. The van der Waals surface area contributed by atoms with Crippen LogP contribution in [0.25, 0.3) is 15.3 Å². The molecule has 0 unspecified atom stereocenters. The van der Waals surface area contributed by atoms with Crippen LogP contribution in [0.1, 0.15) is 44.6 Å². The summed E-state index contributed by atoms with van der Waals surface area (Å²) in [7, 11) is 0. The predicted molar refractivity (Wildman–Crippen MR) is 162 cm³/mol. The minimum Gasteiger partial charge on any atom is -0.391 e. The standard InChI is InChI=1S/C32H28FN5O3S/c1-18-6-4-7-24(33)29(18)36-31(40)27-15-20-12-13-37(26-16-21(34-3)10-11-23(26)30(20)42-27)32(41)25-8-5-9-28(35-25)38-17-22(39)14-19(38)2/h4-11,15-16,19,22,39H,12-14,17H2,1-2H3,(H,36,40)/t19-,22+/m0/s1. The molecule has 2 atom stereocenters. The fourth-order valence-electron chi connectivity index (χ4n) is 5.65. The second-order valence-electron chi connectivity index (χ2n) is 10.6. The van der Waals surface area contributed by atoms with E-state index >= 15 is 0 Å². The summed E-state index contributed by atoms with van der Waals surface area (Å²) in [4.78, 5) is 40.3. The number of pyridine rings is 1. The minimum absolute atomic E-state index is 0.0997. The molecule has 1 saturated heterocycles. The van der Waals surface area contributed by atoms with Crippen molar-refractivity contribution in [1.82, 2.24) is 4.98 Å². The molecule has 2 N–H and O–H groups in total. The monoisotopic (exact) mass is 581 g/mol. The maximum absolute atomic E-state index is 14.4. The average molecular weight is 582 g/mol. The van der Waals surface area contributed by atoms with E-state index in [0.717, 1.165) is 16.0 Å². The van der Waals surface area contributed by atoms with Crippen LogP contribution in [0.3, 0.4) is 0 Å². The first-order chi connectivity index (χ1) is 20.2. The van der Waals surface area contributed by atoms with Gasteiger partial charge < -0.3 is 20.2 Å². The Labute approximate surface area is 246 Å². The number of hydrogen-bond acceptors (Lipinski definition) is 6. The Kier molecular flexibility index (Phi) is 7.22. The molecule has 2 aliphatic heterocycles. The number of nitrogens with zero attached hydrogens (tertiary/aromatic N) is 4. The highest BCUT2D eigenvalue weighted by molar-refractivity contribution is 7.17. The fraction of sp³-hybridized carbons (Fsp3) is 0.250. The van der Waals surface area contributed by atoms with E-state index in [9.17, 15) is 19.1 Å². The molecule has 10 heteroatoms. The Morgan fingerprint density at radius 1 is 1.17 bits per heavy atom.